The SMILES string of the molecule is O=C(/C=C/c1cccc(-c2ccccc2)c1)NCCNC(=O)Cc1cccc(F)c1. The number of hydrogen-bond acceptors (Lipinski definition) is 2. The molecule has 0 aliphatic rings. The third-order valence-electron chi connectivity index (χ3n) is 4.42. The van der Waals surface area contributed by atoms with Crippen LogP contribution in [0.1, 0.15) is 11.1 Å². The van der Waals surface area contributed by atoms with E-state index in [4.69, 9.17) is 0 Å². The smallest absolute Gasteiger partial charge is 0.244 e. The van der Waals surface area contributed by atoms with Gasteiger partial charge in [0.15, 0.2) is 0 Å². The Morgan fingerprint density at radius 2 is 1.53 bits per heavy atom. The van der Waals surface area contributed by atoms with E-state index in [1.807, 2.05) is 54.6 Å². The minimum absolute atomic E-state index is 0.101. The van der Waals surface area contributed by atoms with Crippen LogP contribution < -0.4 is 10.6 Å². The summed E-state index contributed by atoms with van der Waals surface area (Å²) in [6.07, 6.45) is 3.33. The molecular weight excluding hydrogens is 379 g/mol. The predicted molar refractivity (Wildman–Crippen MR) is 117 cm³/mol. The highest BCUT2D eigenvalue weighted by Crippen LogP contribution is 2.20. The number of hydrogen-bond donors (Lipinski definition) is 2. The van der Waals surface area contributed by atoms with Gasteiger partial charge in [0.25, 0.3) is 0 Å². The number of carbonyl (C=O) groups excluding carboxylic acids is 2. The Morgan fingerprint density at radius 3 is 2.33 bits per heavy atom. The van der Waals surface area contributed by atoms with E-state index in [1.54, 1.807) is 18.2 Å². The quantitative estimate of drug-likeness (QED) is 0.442. The fourth-order valence-electron chi connectivity index (χ4n) is 2.97. The van der Waals surface area contributed by atoms with Crippen molar-refractivity contribution < 1.29 is 14.0 Å². The molecule has 0 spiro atoms. The number of nitrogens with one attached hydrogen (secondary N) is 2. The fourth-order valence-corrected chi connectivity index (χ4v) is 2.97. The summed E-state index contributed by atoms with van der Waals surface area (Å²) in [5, 5.41) is 5.43. The molecule has 0 atom stereocenters. The van der Waals surface area contributed by atoms with E-state index in [2.05, 4.69) is 10.6 Å². The van der Waals surface area contributed by atoms with Crippen LogP contribution in [0, 0.1) is 5.82 Å². The van der Waals surface area contributed by atoms with Crippen molar-refractivity contribution in [1.29, 1.82) is 0 Å². The van der Waals surface area contributed by atoms with Crippen molar-refractivity contribution >= 4 is 17.9 Å². The summed E-state index contributed by atoms with van der Waals surface area (Å²) in [6.45, 7) is 0.610. The summed E-state index contributed by atoms with van der Waals surface area (Å²) in [5.41, 5.74) is 3.73. The van der Waals surface area contributed by atoms with Crippen LogP contribution in [0.15, 0.2) is 84.9 Å². The van der Waals surface area contributed by atoms with Gasteiger partial charge in [-0.05, 0) is 46.5 Å². The van der Waals surface area contributed by atoms with Crippen molar-refractivity contribution in [2.45, 2.75) is 6.42 Å². The van der Waals surface area contributed by atoms with Gasteiger partial charge in [-0.1, -0.05) is 60.7 Å². The van der Waals surface area contributed by atoms with E-state index >= 15 is 0 Å². The minimum atomic E-state index is -0.367. The zero-order valence-electron chi connectivity index (χ0n) is 16.5. The molecule has 0 saturated carbocycles. The number of rotatable bonds is 8. The van der Waals surface area contributed by atoms with Crippen LogP contribution in [0.4, 0.5) is 4.39 Å². The lowest BCUT2D eigenvalue weighted by Crippen LogP contribution is -2.34. The molecule has 2 N–H and O–H groups in total. The molecule has 0 bridgehead atoms. The number of benzene rings is 3. The summed E-state index contributed by atoms with van der Waals surface area (Å²) in [4.78, 5) is 23.9. The first-order valence-electron chi connectivity index (χ1n) is 9.73. The second kappa shape index (κ2) is 10.7. The first-order chi connectivity index (χ1) is 14.6. The van der Waals surface area contributed by atoms with Gasteiger partial charge in [0, 0.05) is 19.2 Å². The highest BCUT2D eigenvalue weighted by molar-refractivity contribution is 5.92. The average Bonchev–Trinajstić information content (AvgIpc) is 2.76. The molecule has 0 aliphatic heterocycles. The highest BCUT2D eigenvalue weighted by atomic mass is 19.1. The Hall–Kier alpha value is -3.73. The molecule has 0 saturated heterocycles. The Morgan fingerprint density at radius 1 is 0.800 bits per heavy atom. The molecular formula is C25H23FN2O2. The normalized spacial score (nSPS) is 10.7. The van der Waals surface area contributed by atoms with Crippen LogP contribution in [-0.4, -0.2) is 24.9 Å². The van der Waals surface area contributed by atoms with Gasteiger partial charge in [-0.15, -0.1) is 0 Å². The molecule has 2 amide bonds. The topological polar surface area (TPSA) is 58.2 Å². The van der Waals surface area contributed by atoms with Crippen molar-refractivity contribution in [1.82, 2.24) is 10.6 Å². The Labute approximate surface area is 175 Å². The maximum atomic E-state index is 13.1. The number of halogens is 1. The van der Waals surface area contributed by atoms with Crippen LogP contribution in [0.2, 0.25) is 0 Å². The van der Waals surface area contributed by atoms with Gasteiger partial charge in [-0.25, -0.2) is 4.39 Å². The number of amides is 2. The average molecular weight is 402 g/mol. The molecule has 5 heteroatoms. The zero-order valence-corrected chi connectivity index (χ0v) is 16.5. The number of carbonyl (C=O) groups is 2. The molecule has 3 aromatic rings. The van der Waals surface area contributed by atoms with Gasteiger partial charge in [0.05, 0.1) is 6.42 Å². The molecule has 0 heterocycles. The molecule has 3 aromatic carbocycles. The van der Waals surface area contributed by atoms with E-state index < -0.39 is 0 Å². The van der Waals surface area contributed by atoms with Crippen LogP contribution in [0.25, 0.3) is 17.2 Å². The maximum Gasteiger partial charge on any atom is 0.244 e. The predicted octanol–water partition coefficient (Wildman–Crippen LogP) is 3.98. The van der Waals surface area contributed by atoms with E-state index in [0.29, 0.717) is 18.7 Å². The minimum Gasteiger partial charge on any atom is -0.354 e. The summed E-state index contributed by atoms with van der Waals surface area (Å²) in [7, 11) is 0. The van der Waals surface area contributed by atoms with Crippen LogP contribution in [0.3, 0.4) is 0 Å². The van der Waals surface area contributed by atoms with Crippen molar-refractivity contribution in [3.8, 4) is 11.1 Å². The summed E-state index contributed by atoms with van der Waals surface area (Å²) in [6, 6.07) is 23.9. The van der Waals surface area contributed by atoms with Gasteiger partial charge < -0.3 is 10.6 Å². The lowest BCUT2D eigenvalue weighted by Gasteiger charge is -2.06. The second-order valence-electron chi connectivity index (χ2n) is 6.77. The zero-order chi connectivity index (χ0) is 21.2. The summed E-state index contributed by atoms with van der Waals surface area (Å²) in [5.74, 6) is -0.823. The lowest BCUT2D eigenvalue weighted by atomic mass is 10.0. The van der Waals surface area contributed by atoms with Crippen molar-refractivity contribution in [2.24, 2.45) is 0 Å². The molecule has 4 nitrogen and oxygen atoms in total. The van der Waals surface area contributed by atoms with Gasteiger partial charge in [-0.2, -0.15) is 0 Å². The van der Waals surface area contributed by atoms with E-state index in [1.165, 1.54) is 18.2 Å². The molecule has 30 heavy (non-hydrogen) atoms. The van der Waals surface area contributed by atoms with Gasteiger partial charge >= 0.3 is 0 Å². The van der Waals surface area contributed by atoms with Crippen molar-refractivity contribution in [2.75, 3.05) is 13.1 Å². The second-order valence-corrected chi connectivity index (χ2v) is 6.77. The van der Waals surface area contributed by atoms with E-state index in [-0.39, 0.29) is 24.1 Å². The third-order valence-corrected chi connectivity index (χ3v) is 4.42. The maximum absolute atomic E-state index is 13.1. The molecule has 3 rings (SSSR count). The van der Waals surface area contributed by atoms with Crippen molar-refractivity contribution in [3.05, 3.63) is 102 Å². The van der Waals surface area contributed by atoms with Gasteiger partial charge in [0.1, 0.15) is 5.82 Å². The van der Waals surface area contributed by atoms with Crippen molar-refractivity contribution in [3.63, 3.8) is 0 Å². The fraction of sp³-hybridized carbons (Fsp3) is 0.120. The Balaban J connectivity index is 1.41. The Bertz CT molecular complexity index is 1030. The molecule has 152 valence electrons. The van der Waals surface area contributed by atoms with E-state index in [9.17, 15) is 14.0 Å². The molecule has 0 unspecified atom stereocenters. The van der Waals surface area contributed by atoms with Crippen LogP contribution >= 0.6 is 0 Å². The first-order valence-corrected chi connectivity index (χ1v) is 9.73. The van der Waals surface area contributed by atoms with Crippen LogP contribution in [-0.2, 0) is 16.0 Å². The van der Waals surface area contributed by atoms with Gasteiger partial charge in [-0.3, -0.25) is 9.59 Å². The highest BCUT2D eigenvalue weighted by Gasteiger charge is 2.04. The standard InChI is InChI=1S/C25H23FN2O2/c26-23-11-5-7-20(17-23)18-25(30)28-15-14-27-24(29)13-12-19-6-4-10-22(16-19)21-8-2-1-3-9-21/h1-13,16-17H,14-15,18H2,(H,27,29)(H,28,30)/b13-12+. The summed E-state index contributed by atoms with van der Waals surface area (Å²) < 4.78 is 13.1. The largest absolute Gasteiger partial charge is 0.354 e. The monoisotopic (exact) mass is 402 g/mol. The van der Waals surface area contributed by atoms with Crippen LogP contribution in [0.5, 0.6) is 0 Å². The lowest BCUT2D eigenvalue weighted by molar-refractivity contribution is -0.121. The Kier molecular flexibility index (Phi) is 7.50. The molecule has 0 aromatic heterocycles. The van der Waals surface area contributed by atoms with Gasteiger partial charge in [0.2, 0.25) is 11.8 Å². The molecule has 0 fully saturated rings. The van der Waals surface area contributed by atoms with E-state index in [0.717, 1.165) is 16.7 Å². The first kappa shape index (κ1) is 21.0. The summed E-state index contributed by atoms with van der Waals surface area (Å²) >= 11 is 0. The third kappa shape index (κ3) is 6.71. The molecule has 0 radical (unpaired) electrons. The molecule has 0 aliphatic carbocycles.